The van der Waals surface area contributed by atoms with Crippen molar-refractivity contribution in [3.63, 3.8) is 0 Å². The van der Waals surface area contributed by atoms with Gasteiger partial charge in [0.25, 0.3) is 0 Å². The van der Waals surface area contributed by atoms with Crippen LogP contribution in [0.15, 0.2) is 42.7 Å². The van der Waals surface area contributed by atoms with Gasteiger partial charge in [0.15, 0.2) is 5.65 Å². The second-order valence-corrected chi connectivity index (χ2v) is 7.85. The zero-order valence-electron chi connectivity index (χ0n) is 19.2. The molecule has 0 fully saturated rings. The Hall–Kier alpha value is -3.68. The van der Waals surface area contributed by atoms with Crippen LogP contribution < -0.4 is 4.74 Å². The number of benzene rings is 1. The van der Waals surface area contributed by atoms with Crippen LogP contribution in [0.25, 0.3) is 22.2 Å². The molecule has 0 saturated heterocycles. The topological polar surface area (TPSA) is 78.1 Å². The summed E-state index contributed by atoms with van der Waals surface area (Å²) in [5, 5.41) is 9.96. The first kappa shape index (κ1) is 21.5. The summed E-state index contributed by atoms with van der Waals surface area (Å²) in [6.07, 6.45) is 3.59. The lowest BCUT2D eigenvalue weighted by Gasteiger charge is -2.17. The van der Waals surface area contributed by atoms with E-state index in [1.807, 2.05) is 55.1 Å². The number of pyridine rings is 1. The Labute approximate surface area is 187 Å². The van der Waals surface area contributed by atoms with Crippen LogP contribution in [0, 0.1) is 13.8 Å². The molecule has 0 aliphatic rings. The molecule has 0 spiro atoms. The van der Waals surface area contributed by atoms with Crippen LogP contribution in [-0.2, 0) is 24.4 Å². The molecule has 1 aromatic carbocycles. The molecule has 0 atom stereocenters. The van der Waals surface area contributed by atoms with Crippen LogP contribution in [0.2, 0.25) is 0 Å². The maximum atomic E-state index is 13.0. The molecule has 0 bridgehead atoms. The Kier molecular flexibility index (Phi) is 5.94. The number of fused-ring (bicyclic) bond motifs is 1. The molecule has 0 aliphatic carbocycles. The van der Waals surface area contributed by atoms with Crippen molar-refractivity contribution in [3.8, 4) is 16.9 Å². The van der Waals surface area contributed by atoms with E-state index >= 15 is 0 Å². The summed E-state index contributed by atoms with van der Waals surface area (Å²) in [7, 11) is 3.46. The first-order valence-corrected chi connectivity index (χ1v) is 10.6. The molecule has 4 aromatic rings. The molecule has 3 heterocycles. The van der Waals surface area contributed by atoms with Gasteiger partial charge in [0.2, 0.25) is 5.91 Å². The van der Waals surface area contributed by atoms with Gasteiger partial charge in [0.05, 0.1) is 19.0 Å². The smallest absolute Gasteiger partial charge is 0.244 e. The van der Waals surface area contributed by atoms with E-state index in [1.54, 1.807) is 29.9 Å². The zero-order chi connectivity index (χ0) is 22.8. The van der Waals surface area contributed by atoms with Gasteiger partial charge in [0, 0.05) is 43.0 Å². The Morgan fingerprint density at radius 1 is 1.12 bits per heavy atom. The number of rotatable bonds is 7. The highest BCUT2D eigenvalue weighted by Crippen LogP contribution is 2.31. The molecular weight excluding hydrogens is 404 g/mol. The minimum Gasteiger partial charge on any atom is -0.497 e. The predicted molar refractivity (Wildman–Crippen MR) is 123 cm³/mol. The molecule has 3 aromatic heterocycles. The predicted octanol–water partition coefficient (Wildman–Crippen LogP) is 3.60. The SMILES string of the molecule is CCn1ncc(CN(C)C(=O)Cn2nc(C)c3c(-c4ccc(OC)cc4)ccnc32)c1C. The molecule has 0 unspecified atom stereocenters. The maximum Gasteiger partial charge on any atom is 0.244 e. The van der Waals surface area contributed by atoms with E-state index in [9.17, 15) is 4.79 Å². The quantitative estimate of drug-likeness (QED) is 0.446. The number of carbonyl (C=O) groups is 1. The first-order chi connectivity index (χ1) is 15.4. The van der Waals surface area contributed by atoms with Crippen LogP contribution >= 0.6 is 0 Å². The Morgan fingerprint density at radius 2 is 1.88 bits per heavy atom. The van der Waals surface area contributed by atoms with Gasteiger partial charge >= 0.3 is 0 Å². The summed E-state index contributed by atoms with van der Waals surface area (Å²) in [5.41, 5.74) is 5.75. The van der Waals surface area contributed by atoms with E-state index in [-0.39, 0.29) is 12.5 Å². The lowest BCUT2D eigenvalue weighted by atomic mass is 10.0. The van der Waals surface area contributed by atoms with Crippen molar-refractivity contribution < 1.29 is 9.53 Å². The van der Waals surface area contributed by atoms with E-state index in [1.165, 1.54) is 0 Å². The van der Waals surface area contributed by atoms with E-state index in [2.05, 4.69) is 22.1 Å². The van der Waals surface area contributed by atoms with Gasteiger partial charge in [-0.1, -0.05) is 12.1 Å². The van der Waals surface area contributed by atoms with Gasteiger partial charge in [0.1, 0.15) is 12.3 Å². The van der Waals surface area contributed by atoms with Gasteiger partial charge in [-0.25, -0.2) is 9.67 Å². The third-order valence-electron chi connectivity index (χ3n) is 5.83. The van der Waals surface area contributed by atoms with Crippen LogP contribution in [0.3, 0.4) is 0 Å². The number of hydrogen-bond acceptors (Lipinski definition) is 5. The number of nitrogens with zero attached hydrogens (tertiary/aromatic N) is 6. The first-order valence-electron chi connectivity index (χ1n) is 10.6. The average molecular weight is 433 g/mol. The van der Waals surface area contributed by atoms with E-state index in [0.717, 1.165) is 45.8 Å². The maximum absolute atomic E-state index is 13.0. The number of hydrogen-bond donors (Lipinski definition) is 0. The van der Waals surface area contributed by atoms with Crippen molar-refractivity contribution in [3.05, 3.63) is 59.7 Å². The highest BCUT2D eigenvalue weighted by Gasteiger charge is 2.19. The second kappa shape index (κ2) is 8.82. The van der Waals surface area contributed by atoms with Crippen molar-refractivity contribution in [2.24, 2.45) is 0 Å². The minimum atomic E-state index is -0.0327. The van der Waals surface area contributed by atoms with Gasteiger partial charge in [-0.15, -0.1) is 0 Å². The molecule has 0 radical (unpaired) electrons. The standard InChI is InChI=1S/C24H28N6O2/c1-6-29-17(3)19(13-26-29)14-28(4)22(31)15-30-24-23(16(2)27-30)21(11-12-25-24)18-7-9-20(32-5)10-8-18/h7-13H,6,14-15H2,1-5H3. The fraction of sp³-hybridized carbons (Fsp3) is 0.333. The number of ether oxygens (including phenoxy) is 1. The molecule has 8 nitrogen and oxygen atoms in total. The van der Waals surface area contributed by atoms with E-state index < -0.39 is 0 Å². The Morgan fingerprint density at radius 3 is 2.53 bits per heavy atom. The molecule has 0 aliphatic heterocycles. The molecule has 166 valence electrons. The molecule has 0 saturated carbocycles. The fourth-order valence-electron chi connectivity index (χ4n) is 3.95. The van der Waals surface area contributed by atoms with Gasteiger partial charge in [-0.05, 0) is 50.1 Å². The summed E-state index contributed by atoms with van der Waals surface area (Å²) < 4.78 is 8.89. The van der Waals surface area contributed by atoms with E-state index in [0.29, 0.717) is 12.2 Å². The molecule has 1 amide bonds. The lowest BCUT2D eigenvalue weighted by molar-refractivity contribution is -0.131. The molecule has 32 heavy (non-hydrogen) atoms. The summed E-state index contributed by atoms with van der Waals surface area (Å²) >= 11 is 0. The highest BCUT2D eigenvalue weighted by molar-refractivity contribution is 5.95. The molecule has 4 rings (SSSR count). The largest absolute Gasteiger partial charge is 0.497 e. The lowest BCUT2D eigenvalue weighted by Crippen LogP contribution is -2.30. The number of carbonyl (C=O) groups excluding carboxylic acids is 1. The average Bonchev–Trinajstić information content (AvgIpc) is 3.32. The zero-order valence-corrected chi connectivity index (χ0v) is 19.2. The van der Waals surface area contributed by atoms with Crippen molar-refractivity contribution >= 4 is 16.9 Å². The summed E-state index contributed by atoms with van der Waals surface area (Å²) in [5.74, 6) is 0.773. The highest BCUT2D eigenvalue weighted by atomic mass is 16.5. The number of methoxy groups -OCH3 is 1. The number of aromatic nitrogens is 5. The molecule has 8 heteroatoms. The Balaban J connectivity index is 1.59. The number of amides is 1. The number of likely N-dealkylation sites (N-methyl/N-ethyl adjacent to an activating group) is 1. The van der Waals surface area contributed by atoms with Crippen molar-refractivity contribution in [1.29, 1.82) is 0 Å². The third-order valence-corrected chi connectivity index (χ3v) is 5.83. The summed E-state index contributed by atoms with van der Waals surface area (Å²) in [4.78, 5) is 19.2. The fourth-order valence-corrected chi connectivity index (χ4v) is 3.95. The summed E-state index contributed by atoms with van der Waals surface area (Å²) in [6.45, 7) is 7.47. The van der Waals surface area contributed by atoms with Gasteiger partial charge in [-0.3, -0.25) is 9.48 Å². The van der Waals surface area contributed by atoms with Crippen LogP contribution in [-0.4, -0.2) is 49.5 Å². The van der Waals surface area contributed by atoms with Crippen LogP contribution in [0.1, 0.15) is 23.9 Å². The second-order valence-electron chi connectivity index (χ2n) is 7.85. The summed E-state index contributed by atoms with van der Waals surface area (Å²) in [6, 6.07) is 9.88. The van der Waals surface area contributed by atoms with Crippen molar-refractivity contribution in [2.45, 2.75) is 40.4 Å². The van der Waals surface area contributed by atoms with Crippen LogP contribution in [0.5, 0.6) is 5.75 Å². The minimum absolute atomic E-state index is 0.0327. The van der Waals surface area contributed by atoms with Crippen molar-refractivity contribution in [2.75, 3.05) is 14.2 Å². The van der Waals surface area contributed by atoms with E-state index in [4.69, 9.17) is 4.74 Å². The normalized spacial score (nSPS) is 11.2. The van der Waals surface area contributed by atoms with Gasteiger partial charge in [-0.2, -0.15) is 10.2 Å². The third kappa shape index (κ3) is 3.95. The molecular formula is C24H28N6O2. The monoisotopic (exact) mass is 432 g/mol. The number of aryl methyl sites for hydroxylation is 2. The Bertz CT molecular complexity index is 1260. The van der Waals surface area contributed by atoms with Crippen molar-refractivity contribution in [1.82, 2.24) is 29.4 Å². The molecule has 0 N–H and O–H groups in total. The van der Waals surface area contributed by atoms with Crippen LogP contribution in [0.4, 0.5) is 0 Å². The van der Waals surface area contributed by atoms with Gasteiger partial charge < -0.3 is 9.64 Å².